The average molecular weight is 389 g/mol. The van der Waals surface area contributed by atoms with Crippen LogP contribution in [0.25, 0.3) is 0 Å². The van der Waals surface area contributed by atoms with E-state index >= 15 is 0 Å². The monoisotopic (exact) mass is 390 g/mol. The van der Waals surface area contributed by atoms with Gasteiger partial charge >= 0.3 is 130 Å². The molecule has 0 amide bonds. The maximum atomic E-state index is 12.2. The summed E-state index contributed by atoms with van der Waals surface area (Å²) in [7, 11) is 0. The summed E-state index contributed by atoms with van der Waals surface area (Å²) in [5.41, 5.74) is 0. The van der Waals surface area contributed by atoms with Crippen LogP contribution in [0.1, 0.15) is 66.2 Å². The number of rotatable bonds is 12. The number of hydrogen-bond acceptors (Lipinski definition) is 2. The second-order valence-electron chi connectivity index (χ2n) is 5.79. The van der Waals surface area contributed by atoms with Gasteiger partial charge in [-0.25, -0.2) is 0 Å². The summed E-state index contributed by atoms with van der Waals surface area (Å²) in [6, 6.07) is 0. The minimum absolute atomic E-state index is 0.0911. The Hall–Kier alpha value is 0.00870. The van der Waals surface area contributed by atoms with E-state index < -0.39 is 18.4 Å². The van der Waals surface area contributed by atoms with Gasteiger partial charge in [0.15, 0.2) is 0 Å². The van der Waals surface area contributed by atoms with Gasteiger partial charge in [0.05, 0.1) is 0 Å². The molecule has 0 aliphatic rings. The Morgan fingerprint density at radius 2 is 1.30 bits per heavy atom. The van der Waals surface area contributed by atoms with E-state index in [2.05, 4.69) is 27.4 Å². The van der Waals surface area contributed by atoms with Crippen LogP contribution in [0.2, 0.25) is 13.3 Å². The van der Waals surface area contributed by atoms with Crippen LogP contribution in [-0.4, -0.2) is 31.0 Å². The summed E-state index contributed by atoms with van der Waals surface area (Å²) in [6.07, 6.45) is 7.40. The standard InChI is InChI=1S/C5H7O2.3C4H9.Sn/c1-3-5(6)7-4-2;3*1-3-4-2;/h1,4H2,2H3;3*1,3-4H2,2H3;. The number of carbonyl (C=O) groups is 1. The van der Waals surface area contributed by atoms with Crippen LogP contribution in [0.4, 0.5) is 0 Å². The van der Waals surface area contributed by atoms with E-state index in [0.29, 0.717) is 6.61 Å². The zero-order chi connectivity index (χ0) is 15.4. The molecule has 0 spiro atoms. The van der Waals surface area contributed by atoms with Crippen molar-refractivity contribution in [1.82, 2.24) is 0 Å². The van der Waals surface area contributed by atoms with E-state index in [4.69, 9.17) is 4.74 Å². The van der Waals surface area contributed by atoms with E-state index in [0.717, 1.165) is 3.59 Å². The summed E-state index contributed by atoms with van der Waals surface area (Å²) < 4.78 is 10.0. The molecule has 3 heteroatoms. The third-order valence-corrected chi connectivity index (χ3v) is 19.6. The molecule has 0 aliphatic heterocycles. The molecule has 0 aromatic carbocycles. The van der Waals surface area contributed by atoms with Crippen molar-refractivity contribution in [2.24, 2.45) is 0 Å². The molecule has 0 atom stereocenters. The van der Waals surface area contributed by atoms with Gasteiger partial charge < -0.3 is 0 Å². The summed E-state index contributed by atoms with van der Waals surface area (Å²) >= 11 is -2.60. The molecule has 0 radical (unpaired) electrons. The molecule has 20 heavy (non-hydrogen) atoms. The molecule has 0 aromatic heterocycles. The fourth-order valence-electron chi connectivity index (χ4n) is 2.81. The molecule has 0 unspecified atom stereocenters. The molecule has 2 nitrogen and oxygen atoms in total. The van der Waals surface area contributed by atoms with Crippen molar-refractivity contribution >= 4 is 24.3 Å². The van der Waals surface area contributed by atoms with Gasteiger partial charge in [0.1, 0.15) is 0 Å². The van der Waals surface area contributed by atoms with E-state index in [1.165, 1.54) is 51.8 Å². The van der Waals surface area contributed by atoms with Gasteiger partial charge in [0, 0.05) is 0 Å². The van der Waals surface area contributed by atoms with E-state index in [1.807, 2.05) is 6.92 Å². The van der Waals surface area contributed by atoms with Crippen LogP contribution in [-0.2, 0) is 9.53 Å². The molecule has 0 saturated heterocycles. The normalized spacial score (nSPS) is 11.4. The predicted molar refractivity (Wildman–Crippen MR) is 90.7 cm³/mol. The maximum absolute atomic E-state index is 12.2. The van der Waals surface area contributed by atoms with Crippen LogP contribution in [0.15, 0.2) is 10.2 Å². The fourth-order valence-corrected chi connectivity index (χ4v) is 17.8. The average Bonchev–Trinajstić information content (AvgIpc) is 2.46. The summed E-state index contributed by atoms with van der Waals surface area (Å²) in [5, 5.41) is 0. The molecular formula is C17H34O2Sn. The zero-order valence-electron chi connectivity index (χ0n) is 14.1. The first-order chi connectivity index (χ1) is 9.57. The van der Waals surface area contributed by atoms with Crippen LogP contribution >= 0.6 is 0 Å². The first kappa shape index (κ1) is 20.0. The second kappa shape index (κ2) is 11.6. The Labute approximate surface area is 130 Å². The fraction of sp³-hybridized carbons (Fsp3) is 0.824. The van der Waals surface area contributed by atoms with Gasteiger partial charge in [-0.15, -0.1) is 0 Å². The number of esters is 1. The SMILES string of the molecule is C=[C](C(=O)OCC)[Sn]([CH2]CCC)([CH2]CCC)[CH2]CCC. The van der Waals surface area contributed by atoms with E-state index in [-0.39, 0.29) is 5.97 Å². The van der Waals surface area contributed by atoms with Crippen LogP contribution in [0, 0.1) is 0 Å². The molecule has 118 valence electrons. The van der Waals surface area contributed by atoms with Gasteiger partial charge in [0.2, 0.25) is 0 Å². The number of ether oxygens (including phenoxy) is 1. The Bertz CT molecular complexity index is 265. The predicted octanol–water partition coefficient (Wildman–Crippen LogP) is 5.49. The van der Waals surface area contributed by atoms with E-state index in [1.54, 1.807) is 0 Å². The summed E-state index contributed by atoms with van der Waals surface area (Å²) in [5.74, 6) is -0.0911. The van der Waals surface area contributed by atoms with Crippen molar-refractivity contribution in [3.05, 3.63) is 10.2 Å². The van der Waals surface area contributed by atoms with Crippen molar-refractivity contribution in [3.63, 3.8) is 0 Å². The van der Waals surface area contributed by atoms with Crippen molar-refractivity contribution in [1.29, 1.82) is 0 Å². The van der Waals surface area contributed by atoms with Crippen LogP contribution < -0.4 is 0 Å². The third kappa shape index (κ3) is 6.64. The molecule has 0 heterocycles. The summed E-state index contributed by atoms with van der Waals surface area (Å²) in [6.45, 7) is 13.3. The first-order valence-corrected chi connectivity index (χ1v) is 15.9. The van der Waals surface area contributed by atoms with Crippen LogP contribution in [0.5, 0.6) is 0 Å². The third-order valence-electron chi connectivity index (χ3n) is 4.19. The van der Waals surface area contributed by atoms with Gasteiger partial charge in [-0.1, -0.05) is 0 Å². The molecule has 0 N–H and O–H groups in total. The Morgan fingerprint density at radius 3 is 1.60 bits per heavy atom. The Kier molecular flexibility index (Phi) is 11.6. The number of unbranched alkanes of at least 4 members (excludes halogenated alkanes) is 3. The van der Waals surface area contributed by atoms with Crippen molar-refractivity contribution in [2.45, 2.75) is 79.5 Å². The molecule has 0 aliphatic carbocycles. The van der Waals surface area contributed by atoms with Crippen molar-refractivity contribution in [2.75, 3.05) is 6.61 Å². The molecule has 0 aromatic rings. The Morgan fingerprint density at radius 1 is 0.900 bits per heavy atom. The van der Waals surface area contributed by atoms with Gasteiger partial charge in [-0.2, -0.15) is 0 Å². The second-order valence-corrected chi connectivity index (χ2v) is 19.1. The molecule has 0 bridgehead atoms. The van der Waals surface area contributed by atoms with Gasteiger partial charge in [0.25, 0.3) is 0 Å². The van der Waals surface area contributed by atoms with Crippen molar-refractivity contribution in [3.8, 4) is 0 Å². The quantitative estimate of drug-likeness (QED) is 0.251. The van der Waals surface area contributed by atoms with E-state index in [9.17, 15) is 4.79 Å². The zero-order valence-corrected chi connectivity index (χ0v) is 16.9. The number of carbonyl (C=O) groups excluding carboxylic acids is 1. The van der Waals surface area contributed by atoms with Gasteiger partial charge in [-0.3, -0.25) is 0 Å². The molecule has 0 rings (SSSR count). The van der Waals surface area contributed by atoms with Crippen LogP contribution in [0.3, 0.4) is 0 Å². The minimum atomic E-state index is -2.60. The van der Waals surface area contributed by atoms with Gasteiger partial charge in [-0.05, 0) is 0 Å². The molecule has 0 saturated carbocycles. The molecule has 0 fully saturated rings. The molecular weight excluding hydrogens is 355 g/mol. The van der Waals surface area contributed by atoms with Crippen molar-refractivity contribution < 1.29 is 9.53 Å². The Balaban J connectivity index is 5.09. The number of hydrogen-bond donors (Lipinski definition) is 0. The topological polar surface area (TPSA) is 26.3 Å². The first-order valence-electron chi connectivity index (χ1n) is 8.44. The summed E-state index contributed by atoms with van der Waals surface area (Å²) in [4.78, 5) is 12.2.